The zero-order valence-corrected chi connectivity index (χ0v) is 8.85. The van der Waals surface area contributed by atoms with Crippen molar-refractivity contribution in [1.29, 1.82) is 0 Å². The maximum absolute atomic E-state index is 12.3. The predicted molar refractivity (Wildman–Crippen MR) is 57.9 cm³/mol. The SMILES string of the molecule is FC(F)(F)c1ccc(C2=CCCCC2)cc1. The van der Waals surface area contributed by atoms with Crippen molar-refractivity contribution in [3.05, 3.63) is 41.5 Å². The molecule has 1 aliphatic rings. The highest BCUT2D eigenvalue weighted by Gasteiger charge is 2.30. The molecule has 0 aromatic heterocycles. The number of hydrogen-bond donors (Lipinski definition) is 0. The first-order valence-electron chi connectivity index (χ1n) is 5.44. The van der Waals surface area contributed by atoms with Crippen molar-refractivity contribution in [3.63, 3.8) is 0 Å². The third-order valence-electron chi connectivity index (χ3n) is 2.87. The van der Waals surface area contributed by atoms with E-state index >= 15 is 0 Å². The van der Waals surface area contributed by atoms with E-state index in [0.29, 0.717) is 0 Å². The van der Waals surface area contributed by atoms with E-state index in [2.05, 4.69) is 6.08 Å². The standard InChI is InChI=1S/C13H13F3/c14-13(15,16)12-8-6-11(7-9-12)10-4-2-1-3-5-10/h4,6-9H,1-3,5H2. The van der Waals surface area contributed by atoms with E-state index in [1.807, 2.05) is 0 Å². The van der Waals surface area contributed by atoms with Crippen molar-refractivity contribution in [2.24, 2.45) is 0 Å². The lowest BCUT2D eigenvalue weighted by Crippen LogP contribution is -2.04. The van der Waals surface area contributed by atoms with Crippen LogP contribution in [0.5, 0.6) is 0 Å². The molecule has 0 heterocycles. The van der Waals surface area contributed by atoms with Crippen LogP contribution in [0, 0.1) is 0 Å². The molecule has 0 bridgehead atoms. The monoisotopic (exact) mass is 226 g/mol. The van der Waals surface area contributed by atoms with Crippen LogP contribution in [0.3, 0.4) is 0 Å². The summed E-state index contributed by atoms with van der Waals surface area (Å²) in [6.45, 7) is 0. The Morgan fingerprint density at radius 2 is 1.62 bits per heavy atom. The number of benzene rings is 1. The van der Waals surface area contributed by atoms with Crippen molar-refractivity contribution < 1.29 is 13.2 Å². The topological polar surface area (TPSA) is 0 Å². The molecule has 86 valence electrons. The van der Waals surface area contributed by atoms with Gasteiger partial charge in [0.05, 0.1) is 5.56 Å². The van der Waals surface area contributed by atoms with Gasteiger partial charge in [0.1, 0.15) is 0 Å². The van der Waals surface area contributed by atoms with E-state index in [0.717, 1.165) is 37.0 Å². The molecule has 0 amide bonds. The highest BCUT2D eigenvalue weighted by Crippen LogP contribution is 2.32. The summed E-state index contributed by atoms with van der Waals surface area (Å²) in [4.78, 5) is 0. The number of rotatable bonds is 1. The Balaban J connectivity index is 2.22. The van der Waals surface area contributed by atoms with E-state index in [-0.39, 0.29) is 0 Å². The van der Waals surface area contributed by atoms with Gasteiger partial charge in [0.15, 0.2) is 0 Å². The van der Waals surface area contributed by atoms with Crippen LogP contribution in [0.25, 0.3) is 5.57 Å². The summed E-state index contributed by atoms with van der Waals surface area (Å²) in [5.41, 5.74) is 1.53. The molecule has 0 nitrogen and oxygen atoms in total. The molecule has 1 aromatic carbocycles. The maximum Gasteiger partial charge on any atom is 0.416 e. The van der Waals surface area contributed by atoms with Crippen LogP contribution in [-0.4, -0.2) is 0 Å². The van der Waals surface area contributed by atoms with E-state index in [1.54, 1.807) is 12.1 Å². The first-order chi connectivity index (χ1) is 7.57. The molecule has 16 heavy (non-hydrogen) atoms. The number of halogens is 3. The molecular formula is C13H13F3. The second kappa shape index (κ2) is 4.32. The normalized spacial score (nSPS) is 17.1. The number of alkyl halides is 3. The molecule has 3 heteroatoms. The van der Waals surface area contributed by atoms with Gasteiger partial charge in [-0.05, 0) is 49.0 Å². The summed E-state index contributed by atoms with van der Waals surface area (Å²) in [6, 6.07) is 5.45. The maximum atomic E-state index is 12.3. The summed E-state index contributed by atoms with van der Waals surface area (Å²) in [5.74, 6) is 0. The second-order valence-electron chi connectivity index (χ2n) is 4.05. The van der Waals surface area contributed by atoms with Crippen LogP contribution < -0.4 is 0 Å². The van der Waals surface area contributed by atoms with E-state index < -0.39 is 11.7 Å². The molecule has 0 fully saturated rings. The molecule has 0 saturated heterocycles. The molecular weight excluding hydrogens is 213 g/mol. The highest BCUT2D eigenvalue weighted by molar-refractivity contribution is 5.66. The lowest BCUT2D eigenvalue weighted by Gasteiger charge is -2.13. The van der Waals surface area contributed by atoms with Crippen LogP contribution in [-0.2, 0) is 6.18 Å². The zero-order chi connectivity index (χ0) is 11.6. The van der Waals surface area contributed by atoms with Gasteiger partial charge in [-0.2, -0.15) is 13.2 Å². The van der Waals surface area contributed by atoms with Crippen molar-refractivity contribution in [3.8, 4) is 0 Å². The fourth-order valence-electron chi connectivity index (χ4n) is 1.97. The van der Waals surface area contributed by atoms with Gasteiger partial charge >= 0.3 is 6.18 Å². The van der Waals surface area contributed by atoms with Crippen molar-refractivity contribution in [2.75, 3.05) is 0 Å². The minimum atomic E-state index is -4.24. The van der Waals surface area contributed by atoms with Gasteiger partial charge in [-0.15, -0.1) is 0 Å². The number of allylic oxidation sites excluding steroid dienone is 2. The Kier molecular flexibility index (Phi) is 3.03. The first-order valence-corrected chi connectivity index (χ1v) is 5.44. The predicted octanol–water partition coefficient (Wildman–Crippen LogP) is 4.66. The second-order valence-corrected chi connectivity index (χ2v) is 4.05. The van der Waals surface area contributed by atoms with Crippen LogP contribution >= 0.6 is 0 Å². The average molecular weight is 226 g/mol. The van der Waals surface area contributed by atoms with Crippen molar-refractivity contribution >= 4 is 5.57 Å². The van der Waals surface area contributed by atoms with E-state index in [4.69, 9.17) is 0 Å². The number of hydrogen-bond acceptors (Lipinski definition) is 0. The summed E-state index contributed by atoms with van der Waals surface area (Å²) in [7, 11) is 0. The van der Waals surface area contributed by atoms with Crippen molar-refractivity contribution in [1.82, 2.24) is 0 Å². The average Bonchev–Trinajstić information content (AvgIpc) is 2.29. The van der Waals surface area contributed by atoms with Crippen LogP contribution in [0.1, 0.15) is 36.8 Å². The first kappa shape index (κ1) is 11.2. The Bertz CT molecular complexity index is 385. The Morgan fingerprint density at radius 3 is 2.12 bits per heavy atom. The lowest BCUT2D eigenvalue weighted by molar-refractivity contribution is -0.137. The molecule has 0 N–H and O–H groups in total. The Morgan fingerprint density at radius 1 is 0.938 bits per heavy atom. The largest absolute Gasteiger partial charge is 0.416 e. The molecule has 0 spiro atoms. The summed E-state index contributed by atoms with van der Waals surface area (Å²) in [5, 5.41) is 0. The third-order valence-corrected chi connectivity index (χ3v) is 2.87. The molecule has 0 radical (unpaired) electrons. The van der Waals surface area contributed by atoms with Gasteiger partial charge in [0.2, 0.25) is 0 Å². The van der Waals surface area contributed by atoms with Gasteiger partial charge in [-0.3, -0.25) is 0 Å². The van der Waals surface area contributed by atoms with Gasteiger partial charge < -0.3 is 0 Å². The molecule has 2 rings (SSSR count). The van der Waals surface area contributed by atoms with Gasteiger partial charge in [-0.25, -0.2) is 0 Å². The fourth-order valence-corrected chi connectivity index (χ4v) is 1.97. The quantitative estimate of drug-likeness (QED) is 0.653. The van der Waals surface area contributed by atoms with Gasteiger partial charge in [0.25, 0.3) is 0 Å². The third kappa shape index (κ3) is 2.46. The van der Waals surface area contributed by atoms with Gasteiger partial charge in [-0.1, -0.05) is 18.2 Å². The summed E-state index contributed by atoms with van der Waals surface area (Å²) >= 11 is 0. The molecule has 1 aromatic rings. The van der Waals surface area contributed by atoms with Crippen LogP contribution in [0.2, 0.25) is 0 Å². The van der Waals surface area contributed by atoms with Crippen LogP contribution in [0.15, 0.2) is 30.3 Å². The summed E-state index contributed by atoms with van der Waals surface area (Å²) < 4.78 is 37.0. The Labute approximate surface area is 92.8 Å². The lowest BCUT2D eigenvalue weighted by atomic mass is 9.93. The summed E-state index contributed by atoms with van der Waals surface area (Å²) in [6.07, 6.45) is 2.23. The molecule has 1 aliphatic carbocycles. The van der Waals surface area contributed by atoms with Gasteiger partial charge in [0, 0.05) is 0 Å². The molecule has 0 aliphatic heterocycles. The zero-order valence-electron chi connectivity index (χ0n) is 8.85. The van der Waals surface area contributed by atoms with Crippen LogP contribution in [0.4, 0.5) is 13.2 Å². The smallest absolute Gasteiger partial charge is 0.166 e. The molecule has 0 saturated carbocycles. The molecule has 0 unspecified atom stereocenters. The molecule has 0 atom stereocenters. The van der Waals surface area contributed by atoms with E-state index in [1.165, 1.54) is 12.0 Å². The minimum Gasteiger partial charge on any atom is -0.166 e. The minimum absolute atomic E-state index is 0.576. The van der Waals surface area contributed by atoms with E-state index in [9.17, 15) is 13.2 Å². The highest BCUT2D eigenvalue weighted by atomic mass is 19.4. The fraction of sp³-hybridized carbons (Fsp3) is 0.385. The Hall–Kier alpha value is -1.25. The van der Waals surface area contributed by atoms with Crippen molar-refractivity contribution in [2.45, 2.75) is 31.9 Å².